The Bertz CT molecular complexity index is 326. The lowest BCUT2D eigenvalue weighted by atomic mass is 10.7. The highest BCUT2D eigenvalue weighted by molar-refractivity contribution is 7.92. The summed E-state index contributed by atoms with van der Waals surface area (Å²) >= 11 is 0. The Morgan fingerprint density at radius 2 is 2.27 bits per heavy atom. The second-order valence-electron chi connectivity index (χ2n) is 1.74. The highest BCUT2D eigenvalue weighted by atomic mass is 32.2. The van der Waals surface area contributed by atoms with Gasteiger partial charge in [0.2, 0.25) is 0 Å². The zero-order valence-corrected chi connectivity index (χ0v) is 6.28. The molecule has 5 nitrogen and oxygen atoms in total. The van der Waals surface area contributed by atoms with Crippen molar-refractivity contribution in [2.45, 2.75) is 0 Å². The standard InChI is InChI=1S/C5H6N2O3S/c6-11(8,9)5-4-7-2-1-3-10-5/h1-4H,(H2,6,8,9). The van der Waals surface area contributed by atoms with Crippen molar-refractivity contribution in [2.24, 2.45) is 10.1 Å². The molecular formula is C5H6N2O3S. The van der Waals surface area contributed by atoms with Crippen LogP contribution in [0, 0.1) is 0 Å². The topological polar surface area (TPSA) is 81.8 Å². The van der Waals surface area contributed by atoms with Crippen LogP contribution in [0.25, 0.3) is 0 Å². The van der Waals surface area contributed by atoms with E-state index in [1.54, 1.807) is 0 Å². The van der Waals surface area contributed by atoms with Crippen molar-refractivity contribution >= 4 is 16.2 Å². The Morgan fingerprint density at radius 3 is 2.91 bits per heavy atom. The van der Waals surface area contributed by atoms with Crippen molar-refractivity contribution in [3.63, 3.8) is 0 Å². The molecule has 0 saturated heterocycles. The summed E-state index contributed by atoms with van der Waals surface area (Å²) in [5, 5.41) is 4.39. The SMILES string of the molecule is NS(=O)(=O)C1=CN=CC=CO1. The van der Waals surface area contributed by atoms with Gasteiger partial charge >= 0.3 is 0 Å². The summed E-state index contributed by atoms with van der Waals surface area (Å²) in [4.78, 5) is 3.56. The Hall–Kier alpha value is -1.14. The molecular weight excluding hydrogens is 168 g/mol. The number of rotatable bonds is 1. The van der Waals surface area contributed by atoms with Crippen molar-refractivity contribution in [3.05, 3.63) is 23.6 Å². The molecule has 11 heavy (non-hydrogen) atoms. The lowest BCUT2D eigenvalue weighted by Gasteiger charge is -1.98. The molecule has 2 N–H and O–H groups in total. The third-order valence-corrected chi connectivity index (χ3v) is 1.66. The minimum absolute atomic E-state index is 0.359. The normalized spacial score (nSPS) is 17.0. The minimum atomic E-state index is -3.78. The average Bonchev–Trinajstić information content (AvgIpc) is 2.10. The van der Waals surface area contributed by atoms with Gasteiger partial charge in [-0.05, 0) is 6.08 Å². The lowest BCUT2D eigenvalue weighted by molar-refractivity contribution is 0.378. The third-order valence-electron chi connectivity index (χ3n) is 0.895. The van der Waals surface area contributed by atoms with Crippen molar-refractivity contribution in [3.8, 4) is 0 Å². The van der Waals surface area contributed by atoms with Crippen LogP contribution in [0.1, 0.15) is 0 Å². The second-order valence-corrected chi connectivity index (χ2v) is 3.23. The molecule has 0 aromatic carbocycles. The predicted octanol–water partition coefficient (Wildman–Crippen LogP) is -0.311. The van der Waals surface area contributed by atoms with E-state index in [0.717, 1.165) is 6.20 Å². The van der Waals surface area contributed by atoms with E-state index in [9.17, 15) is 8.42 Å². The van der Waals surface area contributed by atoms with Crippen LogP contribution in [0.2, 0.25) is 0 Å². The first kappa shape index (κ1) is 7.96. The molecule has 0 radical (unpaired) electrons. The number of aliphatic imine (C=N–C) groups is 1. The summed E-state index contributed by atoms with van der Waals surface area (Å²) in [5.41, 5.74) is 0. The molecule has 0 atom stereocenters. The quantitative estimate of drug-likeness (QED) is 0.591. The van der Waals surface area contributed by atoms with Crippen LogP contribution in [0.3, 0.4) is 0 Å². The van der Waals surface area contributed by atoms with Crippen molar-refractivity contribution < 1.29 is 13.2 Å². The van der Waals surface area contributed by atoms with Crippen LogP contribution >= 0.6 is 0 Å². The summed E-state index contributed by atoms with van der Waals surface area (Å²) in [7, 11) is -3.78. The van der Waals surface area contributed by atoms with E-state index >= 15 is 0 Å². The summed E-state index contributed by atoms with van der Waals surface area (Å²) in [5.74, 6) is 0. The summed E-state index contributed by atoms with van der Waals surface area (Å²) in [6.45, 7) is 0. The fraction of sp³-hybridized carbons (Fsp3) is 0. The minimum Gasteiger partial charge on any atom is -0.450 e. The van der Waals surface area contributed by atoms with E-state index < -0.39 is 10.0 Å². The Balaban J connectivity index is 2.99. The summed E-state index contributed by atoms with van der Waals surface area (Å²) in [6, 6.07) is 0. The molecule has 6 heteroatoms. The van der Waals surface area contributed by atoms with Gasteiger partial charge in [0.05, 0.1) is 12.5 Å². The number of hydrogen-bond donors (Lipinski definition) is 1. The molecule has 0 aliphatic carbocycles. The molecule has 1 heterocycles. The molecule has 0 bridgehead atoms. The van der Waals surface area contributed by atoms with Crippen LogP contribution in [0.5, 0.6) is 0 Å². The summed E-state index contributed by atoms with van der Waals surface area (Å²) in [6.07, 6.45) is 5.06. The fourth-order valence-electron chi connectivity index (χ4n) is 0.466. The molecule has 0 aromatic heterocycles. The Kier molecular flexibility index (Phi) is 2.06. The number of nitrogens with zero attached hydrogens (tertiary/aromatic N) is 1. The van der Waals surface area contributed by atoms with E-state index in [1.165, 1.54) is 18.6 Å². The zero-order valence-electron chi connectivity index (χ0n) is 5.47. The predicted molar refractivity (Wildman–Crippen MR) is 39.9 cm³/mol. The third kappa shape index (κ3) is 2.17. The molecule has 0 spiro atoms. The van der Waals surface area contributed by atoms with Crippen LogP contribution in [-0.2, 0) is 14.8 Å². The number of nitrogens with two attached hydrogens (primary N) is 1. The van der Waals surface area contributed by atoms with Gasteiger partial charge in [-0.1, -0.05) is 0 Å². The lowest BCUT2D eigenvalue weighted by Crippen LogP contribution is -2.15. The van der Waals surface area contributed by atoms with Gasteiger partial charge in [0.1, 0.15) is 0 Å². The van der Waals surface area contributed by atoms with Gasteiger partial charge in [-0.2, -0.15) is 0 Å². The monoisotopic (exact) mass is 174 g/mol. The first-order chi connectivity index (χ1) is 5.11. The number of allylic oxidation sites excluding steroid dienone is 1. The van der Waals surface area contributed by atoms with Gasteiger partial charge in [0.25, 0.3) is 15.1 Å². The molecule has 60 valence electrons. The first-order valence-corrected chi connectivity index (χ1v) is 4.23. The Labute approximate surface area is 63.9 Å². The molecule has 0 saturated carbocycles. The number of ether oxygens (including phenoxy) is 1. The van der Waals surface area contributed by atoms with E-state index in [1.807, 2.05) is 0 Å². The zero-order chi connectivity index (χ0) is 8.32. The van der Waals surface area contributed by atoms with Gasteiger partial charge in [0, 0.05) is 6.21 Å². The molecule has 1 aliphatic heterocycles. The molecule has 0 aromatic rings. The molecule has 0 amide bonds. The van der Waals surface area contributed by atoms with E-state index in [2.05, 4.69) is 9.73 Å². The first-order valence-electron chi connectivity index (χ1n) is 2.68. The number of primary sulfonamides is 1. The molecule has 0 fully saturated rings. The van der Waals surface area contributed by atoms with Crippen LogP contribution in [-0.4, -0.2) is 14.6 Å². The average molecular weight is 174 g/mol. The van der Waals surface area contributed by atoms with Crippen molar-refractivity contribution in [1.82, 2.24) is 0 Å². The maximum Gasteiger partial charge on any atom is 0.273 e. The van der Waals surface area contributed by atoms with Gasteiger partial charge < -0.3 is 4.74 Å². The van der Waals surface area contributed by atoms with E-state index in [4.69, 9.17) is 5.14 Å². The van der Waals surface area contributed by atoms with Crippen molar-refractivity contribution in [2.75, 3.05) is 0 Å². The fourth-order valence-corrected chi connectivity index (χ4v) is 0.863. The largest absolute Gasteiger partial charge is 0.450 e. The summed E-state index contributed by atoms with van der Waals surface area (Å²) < 4.78 is 25.8. The second kappa shape index (κ2) is 2.85. The van der Waals surface area contributed by atoms with Gasteiger partial charge in [0.15, 0.2) is 0 Å². The maximum absolute atomic E-state index is 10.6. The molecule has 0 unspecified atom stereocenters. The highest BCUT2D eigenvalue weighted by Gasteiger charge is 2.12. The smallest absolute Gasteiger partial charge is 0.273 e. The van der Waals surface area contributed by atoms with E-state index in [0.29, 0.717) is 0 Å². The molecule has 1 rings (SSSR count). The number of sulfonamides is 1. The molecule has 1 aliphatic rings. The van der Waals surface area contributed by atoms with Gasteiger partial charge in [-0.25, -0.2) is 13.6 Å². The van der Waals surface area contributed by atoms with E-state index in [-0.39, 0.29) is 5.09 Å². The number of hydrogen-bond acceptors (Lipinski definition) is 4. The van der Waals surface area contributed by atoms with Crippen LogP contribution in [0.15, 0.2) is 28.6 Å². The highest BCUT2D eigenvalue weighted by Crippen LogP contribution is 2.05. The van der Waals surface area contributed by atoms with Crippen LogP contribution in [0.4, 0.5) is 0 Å². The maximum atomic E-state index is 10.6. The van der Waals surface area contributed by atoms with Crippen LogP contribution < -0.4 is 5.14 Å². The Morgan fingerprint density at radius 1 is 1.55 bits per heavy atom. The van der Waals surface area contributed by atoms with Gasteiger partial charge in [-0.3, -0.25) is 4.99 Å². The van der Waals surface area contributed by atoms with Gasteiger partial charge in [-0.15, -0.1) is 0 Å². The van der Waals surface area contributed by atoms with Crippen molar-refractivity contribution in [1.29, 1.82) is 0 Å².